The van der Waals surface area contributed by atoms with E-state index in [9.17, 15) is 46.1 Å². The van der Waals surface area contributed by atoms with Gasteiger partial charge in [0.05, 0.1) is 11.7 Å². The Morgan fingerprint density at radius 3 is 2.33 bits per heavy atom. The normalized spacial score (nSPS) is 35.0. The molecule has 0 bridgehead atoms. The molecule has 6 atom stereocenters. The molecule has 3 rings (SSSR count). The molecule has 0 aromatic rings. The topological polar surface area (TPSA) is 60.7 Å². The van der Waals surface area contributed by atoms with E-state index < -0.39 is 79.1 Å². The molecule has 10 heteroatoms. The first-order valence-corrected chi connectivity index (χ1v) is 14.5. The second-order valence-electron chi connectivity index (χ2n) is 13.1. The highest BCUT2D eigenvalue weighted by molar-refractivity contribution is 5.39. The van der Waals surface area contributed by atoms with E-state index in [2.05, 4.69) is 6.58 Å². The molecule has 0 aromatic carbocycles. The number of aliphatic hydroxyl groups is 3. The number of halogens is 7. The van der Waals surface area contributed by atoms with Gasteiger partial charge in [-0.25, -0.2) is 4.39 Å². The Balaban J connectivity index is 2.03. The van der Waals surface area contributed by atoms with Crippen LogP contribution in [-0.2, 0) is 0 Å². The maximum absolute atomic E-state index is 14.4. The van der Waals surface area contributed by atoms with Gasteiger partial charge in [0.2, 0.25) is 0 Å². The Kier molecular flexibility index (Phi) is 8.00. The van der Waals surface area contributed by atoms with Crippen LogP contribution in [0.4, 0.5) is 30.7 Å². The van der Waals surface area contributed by atoms with Crippen LogP contribution in [0.15, 0.2) is 35.5 Å². The van der Waals surface area contributed by atoms with Crippen LogP contribution in [0.1, 0.15) is 106 Å². The number of allylic oxidation sites excluding steroid dienone is 4. The molecule has 3 fully saturated rings. The van der Waals surface area contributed by atoms with Gasteiger partial charge in [0.15, 0.2) is 0 Å². The summed E-state index contributed by atoms with van der Waals surface area (Å²) in [6, 6.07) is 0. The van der Waals surface area contributed by atoms with Crippen molar-refractivity contribution >= 4 is 0 Å². The first kappa shape index (κ1) is 27.5. The van der Waals surface area contributed by atoms with Crippen molar-refractivity contribution in [3.8, 4) is 11.8 Å². The standard InChI is InChI=1S/C33H45F7O3/c1-21-23(19-24(41)20-26(21)34)11-10-22-9-6-17-30(5)25(22)12-13-27(30)29(4,15-7-14-28(2,3)42)16-8-18-31(43,32(35,36)37)33(38,39)40/h10-11,24-27,41-43H,1,6-7,9,12-17,19-20H2,2-5H3/t24-,25?,26+,27-,29+,30+/m1/s1/i2D3,3D3. The predicted octanol–water partition coefficient (Wildman–Crippen LogP) is 8.30. The smallest absolute Gasteiger partial charge is 0.393 e. The zero-order valence-corrected chi connectivity index (χ0v) is 24.4. The highest BCUT2D eigenvalue weighted by Gasteiger charge is 2.70. The third-order valence-electron chi connectivity index (χ3n) is 9.90. The summed E-state index contributed by atoms with van der Waals surface area (Å²) in [6.45, 7) is 0.717. The lowest BCUT2D eigenvalue weighted by molar-refractivity contribution is -0.343. The van der Waals surface area contributed by atoms with Crippen LogP contribution < -0.4 is 0 Å². The van der Waals surface area contributed by atoms with E-state index in [1.807, 2.05) is 18.9 Å². The summed E-state index contributed by atoms with van der Waals surface area (Å²) in [6.07, 6.45) is -9.45. The van der Waals surface area contributed by atoms with Gasteiger partial charge < -0.3 is 15.3 Å². The summed E-state index contributed by atoms with van der Waals surface area (Å²) in [5.41, 5.74) is -8.34. The molecule has 3 N–H and O–H groups in total. The van der Waals surface area contributed by atoms with Crippen LogP contribution >= 0.6 is 0 Å². The van der Waals surface area contributed by atoms with Crippen molar-refractivity contribution < 1.29 is 54.3 Å². The van der Waals surface area contributed by atoms with Crippen molar-refractivity contribution in [2.75, 3.05) is 0 Å². The lowest BCUT2D eigenvalue weighted by atomic mass is 9.55. The molecule has 0 heterocycles. The number of hydrogen-bond acceptors (Lipinski definition) is 3. The van der Waals surface area contributed by atoms with Crippen molar-refractivity contribution in [2.45, 2.75) is 134 Å². The van der Waals surface area contributed by atoms with Crippen molar-refractivity contribution in [3.05, 3.63) is 35.5 Å². The van der Waals surface area contributed by atoms with Crippen LogP contribution in [0.3, 0.4) is 0 Å². The molecule has 0 saturated heterocycles. The molecule has 3 aliphatic carbocycles. The Morgan fingerprint density at radius 2 is 1.72 bits per heavy atom. The van der Waals surface area contributed by atoms with Gasteiger partial charge in [0.25, 0.3) is 0 Å². The van der Waals surface area contributed by atoms with Crippen molar-refractivity contribution in [3.63, 3.8) is 0 Å². The second-order valence-corrected chi connectivity index (χ2v) is 13.1. The Labute approximate surface area is 258 Å². The number of aliphatic hydroxyl groups excluding tert-OH is 1. The number of rotatable bonds is 7. The van der Waals surface area contributed by atoms with E-state index in [4.69, 9.17) is 8.22 Å². The zero-order valence-electron chi connectivity index (χ0n) is 30.4. The Hall–Kier alpha value is -1.83. The van der Waals surface area contributed by atoms with E-state index in [0.717, 1.165) is 11.5 Å². The van der Waals surface area contributed by atoms with Gasteiger partial charge in [-0.05, 0) is 105 Å². The van der Waals surface area contributed by atoms with Crippen LogP contribution in [0.2, 0.25) is 0 Å². The fourth-order valence-corrected chi connectivity index (χ4v) is 7.63. The summed E-state index contributed by atoms with van der Waals surface area (Å²) < 4.78 is 141. The predicted molar refractivity (Wildman–Crippen MR) is 151 cm³/mol. The molecule has 0 aromatic heterocycles. The SMILES string of the molecule is [2H]C([2H])([2H])C(O)(CCC[C@@](C)(CC#CC(O)(C(F)(F)F)C(F)(F)F)[C@H]1CCC2C(=CC=C3C[C@@H](O)C[C@H](F)C3=C)CCC[C@@]21C)C([2H])([2H])[2H]. The molecule has 3 nitrogen and oxygen atoms in total. The van der Waals surface area contributed by atoms with Gasteiger partial charge >= 0.3 is 18.0 Å². The summed E-state index contributed by atoms with van der Waals surface area (Å²) in [4.78, 5) is 0. The third-order valence-corrected chi connectivity index (χ3v) is 9.90. The van der Waals surface area contributed by atoms with E-state index in [1.54, 1.807) is 13.0 Å². The van der Waals surface area contributed by atoms with Crippen LogP contribution in [0.25, 0.3) is 0 Å². The number of alkyl halides is 7. The van der Waals surface area contributed by atoms with Crippen LogP contribution in [0, 0.1) is 34.5 Å². The molecule has 0 aliphatic heterocycles. The van der Waals surface area contributed by atoms with Crippen LogP contribution in [0.5, 0.6) is 0 Å². The molecule has 244 valence electrons. The largest absolute Gasteiger partial charge is 0.438 e. The molecule has 0 amide bonds. The van der Waals surface area contributed by atoms with Gasteiger partial charge in [-0.1, -0.05) is 50.5 Å². The minimum absolute atomic E-state index is 0.0456. The second kappa shape index (κ2) is 12.5. The van der Waals surface area contributed by atoms with Gasteiger partial charge in [0, 0.05) is 21.1 Å². The van der Waals surface area contributed by atoms with Crippen molar-refractivity contribution in [2.24, 2.45) is 22.7 Å². The summed E-state index contributed by atoms with van der Waals surface area (Å²) in [7, 11) is 0. The van der Waals surface area contributed by atoms with E-state index in [-0.39, 0.29) is 37.2 Å². The fraction of sp³-hybridized carbons (Fsp3) is 0.758. The molecule has 3 aliphatic rings. The average molecular weight is 629 g/mol. The van der Waals surface area contributed by atoms with E-state index in [1.165, 1.54) is 0 Å². The molecular weight excluding hydrogens is 577 g/mol. The first-order chi connectivity index (χ1) is 22.0. The van der Waals surface area contributed by atoms with E-state index in [0.29, 0.717) is 37.7 Å². The highest BCUT2D eigenvalue weighted by atomic mass is 19.4. The maximum Gasteiger partial charge on any atom is 0.438 e. The fourth-order valence-electron chi connectivity index (χ4n) is 7.63. The average Bonchev–Trinajstić information content (AvgIpc) is 3.29. The lowest BCUT2D eigenvalue weighted by Crippen LogP contribution is -2.55. The summed E-state index contributed by atoms with van der Waals surface area (Å²) in [5, 5.41) is 30.5. The monoisotopic (exact) mass is 628 g/mol. The minimum atomic E-state index is -6.16. The van der Waals surface area contributed by atoms with Crippen molar-refractivity contribution in [1.29, 1.82) is 0 Å². The zero-order chi connectivity index (χ0) is 37.6. The Morgan fingerprint density at radius 1 is 1.07 bits per heavy atom. The number of fused-ring (bicyclic) bond motifs is 1. The van der Waals surface area contributed by atoms with Gasteiger partial charge in [-0.2, -0.15) is 26.3 Å². The molecule has 43 heavy (non-hydrogen) atoms. The quantitative estimate of drug-likeness (QED) is 0.196. The molecule has 0 spiro atoms. The highest BCUT2D eigenvalue weighted by Crippen LogP contribution is 2.63. The molecule has 3 saturated carbocycles. The lowest BCUT2D eigenvalue weighted by Gasteiger charge is -2.49. The van der Waals surface area contributed by atoms with Crippen LogP contribution in [-0.4, -0.2) is 51.1 Å². The van der Waals surface area contributed by atoms with Crippen molar-refractivity contribution in [1.82, 2.24) is 0 Å². The Bertz CT molecular complexity index is 1330. The molecule has 0 radical (unpaired) electrons. The summed E-state index contributed by atoms with van der Waals surface area (Å²) in [5.74, 6) is 2.47. The van der Waals surface area contributed by atoms with Gasteiger partial charge in [-0.15, -0.1) is 0 Å². The first-order valence-electron chi connectivity index (χ1n) is 17.5. The maximum atomic E-state index is 14.4. The minimum Gasteiger partial charge on any atom is -0.393 e. The number of hydrogen-bond donors (Lipinski definition) is 3. The van der Waals surface area contributed by atoms with E-state index >= 15 is 0 Å². The molecular formula is C33H45F7O3. The van der Waals surface area contributed by atoms with Gasteiger partial charge in [0.1, 0.15) is 6.17 Å². The third kappa shape index (κ3) is 7.70. The van der Waals surface area contributed by atoms with Gasteiger partial charge in [-0.3, -0.25) is 0 Å². The molecule has 1 unspecified atom stereocenters. The summed E-state index contributed by atoms with van der Waals surface area (Å²) >= 11 is 0.